The number of benzene rings is 3. The number of H-pyrrole nitrogens is 1. The van der Waals surface area contributed by atoms with Gasteiger partial charge in [0.2, 0.25) is 0 Å². The normalized spacial score (nSPS) is 15.5. The molecule has 1 atom stereocenters. The molecule has 0 radical (unpaired) electrons. The number of aromatic amines is 1. The molecular weight excluding hydrogens is 372 g/mol. The Kier molecular flexibility index (Phi) is 5.58. The van der Waals surface area contributed by atoms with E-state index in [1.54, 1.807) is 25.1 Å². The van der Waals surface area contributed by atoms with Crippen LogP contribution in [-0.2, 0) is 13.5 Å². The number of nitrogens with zero attached hydrogens (tertiary/aromatic N) is 1. The molecule has 30 heavy (non-hydrogen) atoms. The van der Waals surface area contributed by atoms with Gasteiger partial charge in [0.1, 0.15) is 0 Å². The second-order valence-corrected chi connectivity index (χ2v) is 8.15. The van der Waals surface area contributed by atoms with Crippen LogP contribution in [0.5, 0.6) is 0 Å². The lowest BCUT2D eigenvalue weighted by Gasteiger charge is -2.26. The van der Waals surface area contributed by atoms with Crippen molar-refractivity contribution in [3.8, 4) is 0 Å². The molecule has 1 N–H and O–H groups in total. The maximum absolute atomic E-state index is 10.8. The van der Waals surface area contributed by atoms with E-state index in [9.17, 15) is 9.59 Å². The number of aryl methyl sites for hydroxylation is 2. The molecule has 1 aliphatic rings. The summed E-state index contributed by atoms with van der Waals surface area (Å²) in [6.45, 7) is 4.03. The third-order valence-corrected chi connectivity index (χ3v) is 6.39. The zero-order valence-electron chi connectivity index (χ0n) is 17.9. The van der Waals surface area contributed by atoms with Crippen molar-refractivity contribution in [1.29, 1.82) is 0 Å². The summed E-state index contributed by atoms with van der Waals surface area (Å²) < 4.78 is 1.38. The van der Waals surface area contributed by atoms with E-state index in [0.717, 1.165) is 5.92 Å². The van der Waals surface area contributed by atoms with Crippen molar-refractivity contribution in [2.45, 2.75) is 45.4 Å². The summed E-state index contributed by atoms with van der Waals surface area (Å²) in [4.78, 5) is 23.5. The van der Waals surface area contributed by atoms with Gasteiger partial charge in [-0.15, -0.1) is 0 Å². The van der Waals surface area contributed by atoms with Crippen molar-refractivity contribution < 1.29 is 0 Å². The van der Waals surface area contributed by atoms with E-state index < -0.39 is 0 Å². The monoisotopic (exact) mass is 400 g/mol. The molecule has 4 nitrogen and oxygen atoms in total. The van der Waals surface area contributed by atoms with E-state index in [-0.39, 0.29) is 11.2 Å². The fourth-order valence-electron chi connectivity index (χ4n) is 4.61. The number of aromatic nitrogens is 2. The van der Waals surface area contributed by atoms with E-state index >= 15 is 0 Å². The van der Waals surface area contributed by atoms with Gasteiger partial charge in [-0.2, -0.15) is 0 Å². The molecule has 4 heteroatoms. The molecule has 0 bridgehead atoms. The largest absolute Gasteiger partial charge is 0.328 e. The third kappa shape index (κ3) is 3.70. The average Bonchev–Trinajstić information content (AvgIpc) is 2.76. The highest BCUT2D eigenvalue weighted by Crippen LogP contribution is 2.39. The summed E-state index contributed by atoms with van der Waals surface area (Å²) in [5.74, 6) is 0.773. The number of rotatable bonds is 1. The van der Waals surface area contributed by atoms with Crippen molar-refractivity contribution in [1.82, 2.24) is 9.55 Å². The summed E-state index contributed by atoms with van der Waals surface area (Å²) >= 11 is 0. The molecule has 0 aliphatic heterocycles. The first-order valence-corrected chi connectivity index (χ1v) is 10.7. The van der Waals surface area contributed by atoms with Crippen molar-refractivity contribution in [3.63, 3.8) is 0 Å². The summed E-state index contributed by atoms with van der Waals surface area (Å²) in [7, 11) is 1.60. The molecule has 1 unspecified atom stereocenters. The molecule has 1 heterocycles. The summed E-state index contributed by atoms with van der Waals surface area (Å²) in [6, 6.07) is 19.5. The van der Waals surface area contributed by atoms with Crippen LogP contribution in [0.25, 0.3) is 21.5 Å². The van der Waals surface area contributed by atoms with Gasteiger partial charge in [-0.1, -0.05) is 55.5 Å². The van der Waals surface area contributed by atoms with Crippen LogP contribution >= 0.6 is 0 Å². The third-order valence-electron chi connectivity index (χ3n) is 6.39. The van der Waals surface area contributed by atoms with Crippen LogP contribution in [0.4, 0.5) is 0 Å². The zero-order chi connectivity index (χ0) is 21.3. The first kappa shape index (κ1) is 20.1. The fourth-order valence-corrected chi connectivity index (χ4v) is 4.61. The Bertz CT molecular complexity index is 1330. The topological polar surface area (TPSA) is 54.9 Å². The second-order valence-electron chi connectivity index (χ2n) is 8.15. The summed E-state index contributed by atoms with van der Waals surface area (Å²) in [6.07, 6.45) is 5.23. The minimum Gasteiger partial charge on any atom is -0.301 e. The quantitative estimate of drug-likeness (QED) is 0.446. The number of fused-ring (bicyclic) bond motifs is 5. The molecule has 0 spiro atoms. The molecule has 1 aromatic heterocycles. The van der Waals surface area contributed by atoms with E-state index in [1.807, 2.05) is 0 Å². The highest BCUT2D eigenvalue weighted by molar-refractivity contribution is 6.08. The van der Waals surface area contributed by atoms with Gasteiger partial charge in [0.15, 0.2) is 0 Å². The Hall–Kier alpha value is -3.14. The Morgan fingerprint density at radius 2 is 1.77 bits per heavy atom. The van der Waals surface area contributed by atoms with Gasteiger partial charge >= 0.3 is 5.69 Å². The number of nitrogens with one attached hydrogen (secondary N) is 1. The highest BCUT2D eigenvalue weighted by Gasteiger charge is 2.20. The lowest BCUT2D eigenvalue weighted by atomic mass is 9.79. The molecule has 0 amide bonds. The smallest absolute Gasteiger partial charge is 0.301 e. The van der Waals surface area contributed by atoms with Crippen molar-refractivity contribution >= 4 is 21.5 Å². The predicted octanol–water partition coefficient (Wildman–Crippen LogP) is 5.20. The van der Waals surface area contributed by atoms with Gasteiger partial charge in [-0.05, 0) is 71.2 Å². The predicted molar refractivity (Wildman–Crippen MR) is 124 cm³/mol. The first-order chi connectivity index (χ1) is 14.5. The molecule has 5 rings (SSSR count). The van der Waals surface area contributed by atoms with E-state index in [4.69, 9.17) is 0 Å². The lowest BCUT2D eigenvalue weighted by molar-refractivity contribution is 0.542. The van der Waals surface area contributed by atoms with Gasteiger partial charge in [0, 0.05) is 18.8 Å². The van der Waals surface area contributed by atoms with Crippen LogP contribution in [0.15, 0.2) is 64.2 Å². The lowest BCUT2D eigenvalue weighted by Crippen LogP contribution is -2.28. The van der Waals surface area contributed by atoms with Crippen molar-refractivity contribution in [2.75, 3.05) is 0 Å². The maximum atomic E-state index is 10.8. The highest BCUT2D eigenvalue weighted by atomic mass is 16.2. The van der Waals surface area contributed by atoms with Crippen LogP contribution in [-0.4, -0.2) is 9.55 Å². The van der Waals surface area contributed by atoms with E-state index in [0.29, 0.717) is 5.69 Å². The van der Waals surface area contributed by atoms with Gasteiger partial charge in [0.25, 0.3) is 5.56 Å². The molecule has 4 aromatic rings. The summed E-state index contributed by atoms with van der Waals surface area (Å²) in [5.41, 5.74) is 3.17. The Morgan fingerprint density at radius 1 is 1.00 bits per heavy atom. The van der Waals surface area contributed by atoms with Crippen molar-refractivity contribution in [3.05, 3.63) is 92.3 Å². The molecule has 0 saturated carbocycles. The minimum atomic E-state index is -0.370. The van der Waals surface area contributed by atoms with Crippen LogP contribution in [0.1, 0.15) is 48.9 Å². The number of hydrogen-bond acceptors (Lipinski definition) is 2. The minimum absolute atomic E-state index is 0.347. The molecule has 3 aromatic carbocycles. The fraction of sp³-hybridized carbons (Fsp3) is 0.308. The van der Waals surface area contributed by atoms with Crippen molar-refractivity contribution in [2.24, 2.45) is 7.05 Å². The maximum Gasteiger partial charge on any atom is 0.328 e. The molecule has 0 fully saturated rings. The van der Waals surface area contributed by atoms with E-state index in [1.165, 1.54) is 57.9 Å². The summed E-state index contributed by atoms with van der Waals surface area (Å²) in [5, 5.41) is 5.66. The van der Waals surface area contributed by atoms with Gasteiger partial charge < -0.3 is 4.57 Å². The number of hydrogen-bond donors (Lipinski definition) is 1. The zero-order valence-corrected chi connectivity index (χ0v) is 17.9. The average molecular weight is 401 g/mol. The van der Waals surface area contributed by atoms with Crippen LogP contribution in [0.2, 0.25) is 0 Å². The SMILES string of the molecule is CCC1CCCc2c1ccc1c2ccc2ccccc21.Cc1cc(=O)[nH]c(=O)n1C. The van der Waals surface area contributed by atoms with Crippen LogP contribution in [0.3, 0.4) is 0 Å². The second kappa shape index (κ2) is 8.31. The Balaban J connectivity index is 0.000000185. The molecular formula is C26H28N2O2. The van der Waals surface area contributed by atoms with Gasteiger partial charge in [0.05, 0.1) is 0 Å². The standard InChI is InChI=1S/C20H20.C6H8N2O2/c1-2-14-7-5-9-18-17(14)12-13-19-16-8-4-3-6-15(16)10-11-20(18)19;1-4-3-5(9)7-6(10)8(4)2/h3-4,6,8,10-14H,2,5,7,9H2,1H3;3H,1-2H3,(H,7,9,10). The van der Waals surface area contributed by atoms with Crippen LogP contribution < -0.4 is 11.2 Å². The van der Waals surface area contributed by atoms with Gasteiger partial charge in [-0.25, -0.2) is 4.79 Å². The van der Waals surface area contributed by atoms with E-state index in [2.05, 4.69) is 60.4 Å². The van der Waals surface area contributed by atoms with Gasteiger partial charge in [-0.3, -0.25) is 9.78 Å². The molecule has 0 saturated heterocycles. The molecule has 154 valence electrons. The Morgan fingerprint density at radius 3 is 2.53 bits per heavy atom. The Labute approximate surface area is 176 Å². The first-order valence-electron chi connectivity index (χ1n) is 10.7. The van der Waals surface area contributed by atoms with Crippen LogP contribution in [0, 0.1) is 6.92 Å². The molecule has 1 aliphatic carbocycles.